The molecule has 3 nitrogen and oxygen atoms in total. The van der Waals surface area contributed by atoms with Gasteiger partial charge in [-0.05, 0) is 132 Å². The quantitative estimate of drug-likeness (QED) is 0.231. The van der Waals surface area contributed by atoms with E-state index in [1.165, 1.54) is 69.9 Å². The van der Waals surface area contributed by atoms with Crippen LogP contribution in [0.15, 0.2) is 4.99 Å². The normalized spacial score (nSPS) is 39.9. The highest BCUT2D eigenvalue weighted by Crippen LogP contribution is 2.63. The zero-order chi connectivity index (χ0) is 25.7. The minimum Gasteiger partial charge on any atom is -0.315 e. The molecule has 1 N–H and O–H groups in total. The van der Waals surface area contributed by atoms with Crippen LogP contribution >= 0.6 is 0 Å². The molecule has 4 aliphatic rings. The van der Waals surface area contributed by atoms with Crippen LogP contribution in [0, 0.1) is 46.8 Å². The van der Waals surface area contributed by atoms with Gasteiger partial charge in [-0.15, -0.1) is 0 Å². The maximum atomic E-state index is 5.28. The number of likely N-dealkylation sites (N-methyl/N-ethyl adjacent to an activating group) is 1. The topological polar surface area (TPSA) is 27.6 Å². The average Bonchev–Trinajstić information content (AvgIpc) is 2.98. The van der Waals surface area contributed by atoms with Crippen LogP contribution in [-0.2, 0) is 0 Å². The van der Waals surface area contributed by atoms with Gasteiger partial charge in [0.05, 0.1) is 0 Å². The number of fused-ring (bicyclic) bond motifs is 6. The summed E-state index contributed by atoms with van der Waals surface area (Å²) in [5.41, 5.74) is 2.01. The van der Waals surface area contributed by atoms with Gasteiger partial charge in [0.15, 0.2) is 0 Å². The van der Waals surface area contributed by atoms with Gasteiger partial charge in [0, 0.05) is 37.3 Å². The fourth-order valence-corrected chi connectivity index (χ4v) is 9.82. The van der Waals surface area contributed by atoms with Gasteiger partial charge >= 0.3 is 0 Å². The molecule has 0 aromatic carbocycles. The highest BCUT2D eigenvalue weighted by atomic mass is 15.2. The molecule has 4 rings (SSSR count). The molecule has 4 aliphatic carbocycles. The Morgan fingerprint density at radius 1 is 1.00 bits per heavy atom. The Kier molecular flexibility index (Phi) is 10.4. The van der Waals surface area contributed by atoms with E-state index in [1.807, 2.05) is 0 Å². The molecule has 0 radical (unpaired) electrons. The summed E-state index contributed by atoms with van der Waals surface area (Å²) in [7, 11) is 0. The van der Waals surface area contributed by atoms with Crippen LogP contribution in [0.3, 0.4) is 0 Å². The Morgan fingerprint density at radius 3 is 2.61 bits per heavy atom. The van der Waals surface area contributed by atoms with Gasteiger partial charge in [0.1, 0.15) is 0 Å². The van der Waals surface area contributed by atoms with Crippen molar-refractivity contribution in [1.29, 1.82) is 0 Å². The summed E-state index contributed by atoms with van der Waals surface area (Å²) in [5.74, 6) is 6.83. The summed E-state index contributed by atoms with van der Waals surface area (Å²) in [6.07, 6.45) is 17.5. The van der Waals surface area contributed by atoms with E-state index in [2.05, 4.69) is 51.8 Å². The molecule has 0 aromatic rings. The van der Waals surface area contributed by atoms with Crippen molar-refractivity contribution in [3.05, 3.63) is 0 Å². The molecule has 3 unspecified atom stereocenters. The van der Waals surface area contributed by atoms with Gasteiger partial charge in [0.25, 0.3) is 0 Å². The van der Waals surface area contributed by atoms with Crippen molar-refractivity contribution in [2.75, 3.05) is 32.7 Å². The Labute approximate surface area is 225 Å². The van der Waals surface area contributed by atoms with E-state index in [0.29, 0.717) is 11.5 Å². The van der Waals surface area contributed by atoms with Gasteiger partial charge in [-0.2, -0.15) is 0 Å². The molecule has 0 spiro atoms. The van der Waals surface area contributed by atoms with Crippen molar-refractivity contribution < 1.29 is 0 Å². The third kappa shape index (κ3) is 6.41. The van der Waals surface area contributed by atoms with Crippen molar-refractivity contribution in [2.45, 2.75) is 125 Å². The Hall–Kier alpha value is -0.410. The minimum absolute atomic E-state index is 0.516. The summed E-state index contributed by atoms with van der Waals surface area (Å²) in [6.45, 7) is 20.1. The summed E-state index contributed by atoms with van der Waals surface area (Å²) in [4.78, 5) is 7.91. The standard InChI is InChI=1S/C33H61N3/c1-7-18-34-20-21-36(8-2)25(4)16-19-35-26(5)31-13-14-32-30-12-10-27-22-24(3)9-11-28(23-27)29(30)15-17-33(31,32)6/h24-25,27-32,34H,7-23H2,1-6H3/t24?,25?,27?,28-,29-,30-,31-,32+,33-/m1/s1. The van der Waals surface area contributed by atoms with Crippen molar-refractivity contribution in [2.24, 2.45) is 51.8 Å². The molecule has 9 atom stereocenters. The maximum absolute atomic E-state index is 5.28. The van der Waals surface area contributed by atoms with Crippen LogP contribution in [0.4, 0.5) is 0 Å². The van der Waals surface area contributed by atoms with Crippen molar-refractivity contribution >= 4 is 5.71 Å². The van der Waals surface area contributed by atoms with E-state index in [0.717, 1.165) is 74.1 Å². The van der Waals surface area contributed by atoms with E-state index in [1.54, 1.807) is 12.8 Å². The molecule has 208 valence electrons. The maximum Gasteiger partial charge on any atom is 0.0403 e. The Balaban J connectivity index is 1.33. The monoisotopic (exact) mass is 499 g/mol. The van der Waals surface area contributed by atoms with E-state index >= 15 is 0 Å². The van der Waals surface area contributed by atoms with Crippen LogP contribution < -0.4 is 5.32 Å². The van der Waals surface area contributed by atoms with Crippen LogP contribution in [0.5, 0.6) is 0 Å². The molecule has 36 heavy (non-hydrogen) atoms. The van der Waals surface area contributed by atoms with Crippen molar-refractivity contribution in [1.82, 2.24) is 10.2 Å². The van der Waals surface area contributed by atoms with Gasteiger partial charge in [-0.25, -0.2) is 0 Å². The molecule has 4 saturated carbocycles. The van der Waals surface area contributed by atoms with Gasteiger partial charge in [-0.1, -0.05) is 40.5 Å². The van der Waals surface area contributed by atoms with Crippen LogP contribution in [0.25, 0.3) is 0 Å². The number of nitrogens with one attached hydrogen (secondary N) is 1. The molecule has 0 aromatic heterocycles. The smallest absolute Gasteiger partial charge is 0.0403 e. The summed E-state index contributed by atoms with van der Waals surface area (Å²) in [5, 5.41) is 3.57. The van der Waals surface area contributed by atoms with E-state index in [9.17, 15) is 0 Å². The fraction of sp³-hybridized carbons (Fsp3) is 0.970. The van der Waals surface area contributed by atoms with Gasteiger partial charge < -0.3 is 5.32 Å². The molecule has 0 heterocycles. The number of aliphatic imine (C=N–C) groups is 1. The van der Waals surface area contributed by atoms with E-state index in [4.69, 9.17) is 4.99 Å². The first-order valence-corrected chi connectivity index (χ1v) is 16.3. The number of hydrogen-bond donors (Lipinski definition) is 1. The summed E-state index contributed by atoms with van der Waals surface area (Å²) in [6, 6.07) is 0.620. The average molecular weight is 500 g/mol. The molecule has 2 bridgehead atoms. The second-order valence-corrected chi connectivity index (χ2v) is 14.0. The van der Waals surface area contributed by atoms with Crippen LogP contribution in [0.2, 0.25) is 0 Å². The van der Waals surface area contributed by atoms with Gasteiger partial charge in [0.2, 0.25) is 0 Å². The van der Waals surface area contributed by atoms with Crippen LogP contribution in [-0.4, -0.2) is 49.4 Å². The number of hydrogen-bond acceptors (Lipinski definition) is 3. The van der Waals surface area contributed by atoms with Gasteiger partial charge in [-0.3, -0.25) is 9.89 Å². The zero-order valence-corrected chi connectivity index (χ0v) is 25.0. The van der Waals surface area contributed by atoms with Crippen molar-refractivity contribution in [3.63, 3.8) is 0 Å². The zero-order valence-electron chi connectivity index (χ0n) is 25.0. The highest BCUT2D eigenvalue weighted by Gasteiger charge is 2.56. The predicted molar refractivity (Wildman–Crippen MR) is 157 cm³/mol. The third-order valence-corrected chi connectivity index (χ3v) is 11.9. The predicted octanol–water partition coefficient (Wildman–Crippen LogP) is 7.84. The lowest BCUT2D eigenvalue weighted by Crippen LogP contribution is -2.44. The third-order valence-electron chi connectivity index (χ3n) is 11.9. The summed E-state index contributed by atoms with van der Waals surface area (Å²) >= 11 is 0. The first-order chi connectivity index (χ1) is 17.4. The Bertz CT molecular complexity index is 703. The lowest BCUT2D eigenvalue weighted by molar-refractivity contribution is 0.00118. The first-order valence-electron chi connectivity index (χ1n) is 16.3. The lowest BCUT2D eigenvalue weighted by atomic mass is 9.55. The van der Waals surface area contributed by atoms with Crippen molar-refractivity contribution in [3.8, 4) is 0 Å². The molecular formula is C33H61N3. The second kappa shape index (κ2) is 13.1. The fourth-order valence-electron chi connectivity index (χ4n) is 9.82. The molecular weight excluding hydrogens is 438 g/mol. The summed E-state index contributed by atoms with van der Waals surface area (Å²) < 4.78 is 0. The van der Waals surface area contributed by atoms with E-state index in [-0.39, 0.29) is 0 Å². The first kappa shape index (κ1) is 28.6. The number of rotatable bonds is 11. The SMILES string of the molecule is CCCNCCN(CC)C(C)CCN=C(C)[C@H]1CC[C@H]2[C@@H]3CCC4CC(C)CC[C@H](C4)[C@H]3CC[C@]12C. The molecule has 0 saturated heterocycles. The lowest BCUT2D eigenvalue weighted by Gasteiger charge is -2.50. The molecule has 0 amide bonds. The Morgan fingerprint density at radius 2 is 1.83 bits per heavy atom. The number of nitrogens with zero attached hydrogens (tertiary/aromatic N) is 2. The highest BCUT2D eigenvalue weighted by molar-refractivity contribution is 5.85. The molecule has 0 aliphatic heterocycles. The minimum atomic E-state index is 0.516. The van der Waals surface area contributed by atoms with Crippen LogP contribution in [0.1, 0.15) is 119 Å². The molecule has 4 fully saturated rings. The largest absolute Gasteiger partial charge is 0.315 e. The second-order valence-electron chi connectivity index (χ2n) is 14.0. The molecule has 3 heteroatoms. The van der Waals surface area contributed by atoms with E-state index < -0.39 is 0 Å².